The molecule has 1 amide bonds. The van der Waals surface area contributed by atoms with E-state index in [1.165, 1.54) is 38.5 Å². The van der Waals surface area contributed by atoms with Crippen molar-refractivity contribution in [3.8, 4) is 0 Å². The lowest BCUT2D eigenvalue weighted by atomic mass is 10.1. The monoisotopic (exact) mass is 751 g/mol. The second kappa shape index (κ2) is 33.5. The van der Waals surface area contributed by atoms with E-state index in [1.807, 2.05) is 39.4 Å². The molecule has 0 rings (SSSR count). The molecule has 10 heteroatoms. The van der Waals surface area contributed by atoms with Gasteiger partial charge in [0.25, 0.3) is 7.82 Å². The third kappa shape index (κ3) is 35.0. The molecule has 0 saturated carbocycles. The highest BCUT2D eigenvalue weighted by Crippen LogP contribution is 2.38. The molecule has 0 aromatic carbocycles. The molecule has 0 aromatic heterocycles. The summed E-state index contributed by atoms with van der Waals surface area (Å²) < 4.78 is 23.0. The fourth-order valence-corrected chi connectivity index (χ4v) is 5.72. The van der Waals surface area contributed by atoms with E-state index in [0.717, 1.165) is 57.8 Å². The van der Waals surface area contributed by atoms with Gasteiger partial charge in [-0.15, -0.1) is 0 Å². The van der Waals surface area contributed by atoms with Gasteiger partial charge >= 0.3 is 0 Å². The highest BCUT2D eigenvalue weighted by atomic mass is 31.2. The molecule has 4 atom stereocenters. The molecular formula is C42H75N2O7P. The largest absolute Gasteiger partial charge is 0.756 e. The Labute approximate surface area is 317 Å². The minimum absolute atomic E-state index is 0.0271. The average molecular weight is 751 g/mol. The summed E-state index contributed by atoms with van der Waals surface area (Å²) >= 11 is 0. The Bertz CT molecular complexity index is 1090. The summed E-state index contributed by atoms with van der Waals surface area (Å²) in [4.78, 5) is 25.2. The first-order chi connectivity index (χ1) is 24.9. The normalized spacial score (nSPS) is 15.9. The van der Waals surface area contributed by atoms with Crippen molar-refractivity contribution in [1.82, 2.24) is 5.32 Å². The van der Waals surface area contributed by atoms with Crippen LogP contribution < -0.4 is 10.2 Å². The number of aliphatic hydroxyl groups is 2. The third-order valence-corrected chi connectivity index (χ3v) is 9.16. The Balaban J connectivity index is 4.68. The molecular weight excluding hydrogens is 675 g/mol. The number of likely N-dealkylation sites (N-methyl/N-ethyl adjacent to an activating group) is 1. The van der Waals surface area contributed by atoms with E-state index in [0.29, 0.717) is 23.9 Å². The third-order valence-electron chi connectivity index (χ3n) is 8.19. The van der Waals surface area contributed by atoms with Crippen molar-refractivity contribution in [2.45, 2.75) is 148 Å². The molecule has 2 unspecified atom stereocenters. The summed E-state index contributed by atoms with van der Waals surface area (Å²) in [6.07, 6.45) is 40.2. The number of aliphatic hydroxyl groups excluding tert-OH is 2. The number of hydrogen-bond donors (Lipinski definition) is 3. The second-order valence-electron chi connectivity index (χ2n) is 14.5. The molecule has 0 aromatic rings. The van der Waals surface area contributed by atoms with Crippen molar-refractivity contribution < 1.29 is 38.0 Å². The van der Waals surface area contributed by atoms with Gasteiger partial charge in [0.2, 0.25) is 5.91 Å². The zero-order chi connectivity index (χ0) is 38.8. The standard InChI is InChI=1S/C42H75N2O7P/c1-6-8-9-10-11-12-13-18-21-24-27-30-34-41(46)40(38-51-52(48,49)50-37-36-44(3,4)5)43-42(47)35-31-28-25-22-19-16-14-15-17-20-23-26-29-33-39(45)32-7-2/h14,16-18,20-22,25-26,29-30,34,39-41,45-46H,6-13,15,19,23-24,27-28,31-33,35-38H2,1-5H3,(H-,43,47,48,49)/b16-14-,20-17-,21-18-,25-22-,29-26-,34-30+/t39?,40-,41+/m0/s1. The van der Waals surface area contributed by atoms with Crippen LogP contribution in [0.5, 0.6) is 0 Å². The van der Waals surface area contributed by atoms with Crippen LogP contribution in [0, 0.1) is 0 Å². The first-order valence-electron chi connectivity index (χ1n) is 19.9. The van der Waals surface area contributed by atoms with Gasteiger partial charge in [0, 0.05) is 6.42 Å². The van der Waals surface area contributed by atoms with Gasteiger partial charge in [-0.2, -0.15) is 0 Å². The molecule has 0 saturated heterocycles. The number of phosphoric ester groups is 1. The van der Waals surface area contributed by atoms with Gasteiger partial charge in [-0.1, -0.05) is 125 Å². The molecule has 0 aliphatic heterocycles. The Hall–Kier alpha value is -2.10. The number of hydrogen-bond acceptors (Lipinski definition) is 7. The van der Waals surface area contributed by atoms with Gasteiger partial charge in [0.15, 0.2) is 0 Å². The molecule has 0 spiro atoms. The smallest absolute Gasteiger partial charge is 0.268 e. The fraction of sp³-hybridized carbons (Fsp3) is 0.690. The van der Waals surface area contributed by atoms with Crippen molar-refractivity contribution in [3.05, 3.63) is 72.9 Å². The first kappa shape index (κ1) is 49.9. The Morgan fingerprint density at radius 1 is 0.731 bits per heavy atom. The predicted molar refractivity (Wildman–Crippen MR) is 216 cm³/mol. The number of carbonyl (C=O) groups excluding carboxylic acids is 1. The number of nitrogens with one attached hydrogen (secondary N) is 1. The zero-order valence-corrected chi connectivity index (χ0v) is 34.2. The van der Waals surface area contributed by atoms with E-state index >= 15 is 0 Å². The molecule has 3 N–H and O–H groups in total. The van der Waals surface area contributed by atoms with Crippen molar-refractivity contribution in [3.63, 3.8) is 0 Å². The van der Waals surface area contributed by atoms with Crippen LogP contribution in [0.1, 0.15) is 129 Å². The van der Waals surface area contributed by atoms with Gasteiger partial charge in [-0.05, 0) is 70.6 Å². The van der Waals surface area contributed by atoms with E-state index in [9.17, 15) is 24.5 Å². The minimum atomic E-state index is -4.62. The Morgan fingerprint density at radius 2 is 1.29 bits per heavy atom. The van der Waals surface area contributed by atoms with Crippen molar-refractivity contribution in [2.75, 3.05) is 40.9 Å². The van der Waals surface area contributed by atoms with Gasteiger partial charge in [0.05, 0.1) is 46.0 Å². The van der Waals surface area contributed by atoms with Crippen LogP contribution in [0.3, 0.4) is 0 Å². The number of phosphoric acid groups is 1. The molecule has 0 bridgehead atoms. The van der Waals surface area contributed by atoms with Crippen LogP contribution in [-0.2, 0) is 18.4 Å². The predicted octanol–water partition coefficient (Wildman–Crippen LogP) is 8.80. The molecule has 0 aliphatic carbocycles. The van der Waals surface area contributed by atoms with Crippen molar-refractivity contribution in [1.29, 1.82) is 0 Å². The van der Waals surface area contributed by atoms with E-state index in [1.54, 1.807) is 6.08 Å². The van der Waals surface area contributed by atoms with Crippen molar-refractivity contribution >= 4 is 13.7 Å². The number of allylic oxidation sites excluding steroid dienone is 10. The summed E-state index contributed by atoms with van der Waals surface area (Å²) in [7, 11) is 1.17. The van der Waals surface area contributed by atoms with Gasteiger partial charge in [-0.3, -0.25) is 9.36 Å². The van der Waals surface area contributed by atoms with Crippen LogP contribution in [0.25, 0.3) is 0 Å². The van der Waals surface area contributed by atoms with Crippen LogP contribution in [-0.4, -0.2) is 79.8 Å². The lowest BCUT2D eigenvalue weighted by Gasteiger charge is -2.29. The van der Waals surface area contributed by atoms with E-state index < -0.39 is 26.6 Å². The van der Waals surface area contributed by atoms with Crippen LogP contribution in [0.2, 0.25) is 0 Å². The van der Waals surface area contributed by atoms with E-state index in [-0.39, 0.29) is 25.0 Å². The molecule has 9 nitrogen and oxygen atoms in total. The summed E-state index contributed by atoms with van der Waals surface area (Å²) in [5.74, 6) is -0.280. The minimum Gasteiger partial charge on any atom is -0.756 e. The highest BCUT2D eigenvalue weighted by molar-refractivity contribution is 7.45. The van der Waals surface area contributed by atoms with Gasteiger partial charge in [0.1, 0.15) is 13.2 Å². The molecule has 0 heterocycles. The first-order valence-corrected chi connectivity index (χ1v) is 21.3. The second-order valence-corrected chi connectivity index (χ2v) is 15.9. The summed E-state index contributed by atoms with van der Waals surface area (Å²) in [5.41, 5.74) is 0. The van der Waals surface area contributed by atoms with Crippen LogP contribution >= 0.6 is 7.82 Å². The molecule has 300 valence electrons. The van der Waals surface area contributed by atoms with E-state index in [2.05, 4.69) is 67.8 Å². The van der Waals surface area contributed by atoms with Gasteiger partial charge in [-0.25, -0.2) is 0 Å². The van der Waals surface area contributed by atoms with Crippen LogP contribution in [0.15, 0.2) is 72.9 Å². The van der Waals surface area contributed by atoms with Crippen LogP contribution in [0.4, 0.5) is 0 Å². The summed E-state index contributed by atoms with van der Waals surface area (Å²) in [6, 6.07) is -0.944. The molecule has 0 fully saturated rings. The summed E-state index contributed by atoms with van der Waals surface area (Å²) in [6.45, 7) is 4.32. The summed E-state index contributed by atoms with van der Waals surface area (Å²) in [5, 5.41) is 23.4. The number of carbonyl (C=O) groups is 1. The Kier molecular flexibility index (Phi) is 32.1. The lowest BCUT2D eigenvalue weighted by Crippen LogP contribution is -2.45. The maximum atomic E-state index is 12.8. The van der Waals surface area contributed by atoms with Crippen molar-refractivity contribution in [2.24, 2.45) is 0 Å². The average Bonchev–Trinajstić information content (AvgIpc) is 3.08. The quantitative estimate of drug-likeness (QED) is 0.0260. The zero-order valence-electron chi connectivity index (χ0n) is 33.3. The molecule has 52 heavy (non-hydrogen) atoms. The maximum absolute atomic E-state index is 12.8. The highest BCUT2D eigenvalue weighted by Gasteiger charge is 2.23. The fourth-order valence-electron chi connectivity index (χ4n) is 5.00. The number of quaternary nitrogens is 1. The number of amides is 1. The lowest BCUT2D eigenvalue weighted by molar-refractivity contribution is -0.870. The Morgan fingerprint density at radius 3 is 1.94 bits per heavy atom. The molecule has 0 radical (unpaired) electrons. The van der Waals surface area contributed by atoms with E-state index in [4.69, 9.17) is 9.05 Å². The number of unbranched alkanes of at least 4 members (excludes halogenated alkanes) is 8. The number of rotatable bonds is 34. The maximum Gasteiger partial charge on any atom is 0.268 e. The SMILES string of the molecule is CCCCCCCC/C=C\CC/C=C/[C@@H](O)[C@H](COP(=O)([O-])OCC[N+](C)(C)C)NC(=O)CCC/C=C\C/C=C\C/C=C\C/C=C\CC(O)CCC. The number of nitrogens with zero attached hydrogens (tertiary/aromatic N) is 1. The van der Waals surface area contributed by atoms with Gasteiger partial charge < -0.3 is 34.0 Å². The molecule has 0 aliphatic rings. The topological polar surface area (TPSA) is 128 Å².